The number of nitrogens with zero attached hydrogens (tertiary/aromatic N) is 1. The van der Waals surface area contributed by atoms with Gasteiger partial charge in [0.25, 0.3) is 0 Å². The second-order valence-corrected chi connectivity index (χ2v) is 5.43. The molecule has 6 nitrogen and oxygen atoms in total. The van der Waals surface area contributed by atoms with E-state index in [1.54, 1.807) is 11.8 Å². The zero-order chi connectivity index (χ0) is 16.3. The Hall–Kier alpha value is -1.14. The summed E-state index contributed by atoms with van der Waals surface area (Å²) in [6.45, 7) is 11.5. The molecule has 1 N–H and O–H groups in total. The standard InChI is InChI=1S/C15H30N2O4/c1-6-20-15(19)11-17(12(2)3)10-14(18)16-8-7-9-21-13(4)5/h12-13H,6-11H2,1-5H3,(H,16,18). The molecule has 21 heavy (non-hydrogen) atoms. The molecule has 0 fully saturated rings. The van der Waals surface area contributed by atoms with Gasteiger partial charge in [0.15, 0.2) is 0 Å². The molecule has 0 unspecified atom stereocenters. The maximum Gasteiger partial charge on any atom is 0.320 e. The molecule has 124 valence electrons. The largest absolute Gasteiger partial charge is 0.465 e. The van der Waals surface area contributed by atoms with Crippen LogP contribution < -0.4 is 5.32 Å². The number of ether oxygens (including phenoxy) is 2. The van der Waals surface area contributed by atoms with Gasteiger partial charge in [0.05, 0.1) is 25.8 Å². The third-order valence-electron chi connectivity index (χ3n) is 2.81. The van der Waals surface area contributed by atoms with Crippen molar-refractivity contribution in [3.05, 3.63) is 0 Å². The Morgan fingerprint density at radius 1 is 1.14 bits per heavy atom. The van der Waals surface area contributed by atoms with Crippen molar-refractivity contribution in [2.24, 2.45) is 0 Å². The number of carbonyl (C=O) groups is 2. The molecule has 0 aromatic carbocycles. The van der Waals surface area contributed by atoms with Gasteiger partial charge in [0.1, 0.15) is 0 Å². The number of rotatable bonds is 11. The summed E-state index contributed by atoms with van der Waals surface area (Å²) >= 11 is 0. The van der Waals surface area contributed by atoms with Crippen LogP contribution in [0.5, 0.6) is 0 Å². The van der Waals surface area contributed by atoms with Gasteiger partial charge in [-0.3, -0.25) is 14.5 Å². The summed E-state index contributed by atoms with van der Waals surface area (Å²) in [6, 6.07) is 0.101. The van der Waals surface area contributed by atoms with E-state index >= 15 is 0 Å². The predicted octanol–water partition coefficient (Wildman–Crippen LogP) is 1.19. The molecule has 0 aliphatic carbocycles. The highest BCUT2D eigenvalue weighted by molar-refractivity contribution is 5.79. The van der Waals surface area contributed by atoms with E-state index in [-0.39, 0.29) is 37.1 Å². The lowest BCUT2D eigenvalue weighted by atomic mass is 10.3. The van der Waals surface area contributed by atoms with Crippen LogP contribution in [0.4, 0.5) is 0 Å². The van der Waals surface area contributed by atoms with Crippen molar-refractivity contribution in [2.75, 3.05) is 32.8 Å². The summed E-state index contributed by atoms with van der Waals surface area (Å²) in [5.41, 5.74) is 0. The molecule has 0 aliphatic heterocycles. The number of amides is 1. The van der Waals surface area contributed by atoms with Crippen molar-refractivity contribution in [2.45, 2.75) is 53.2 Å². The zero-order valence-corrected chi connectivity index (χ0v) is 14.0. The Balaban J connectivity index is 3.98. The van der Waals surface area contributed by atoms with Crippen LogP contribution in [0.3, 0.4) is 0 Å². The Kier molecular flexibility index (Phi) is 10.9. The first-order valence-electron chi connectivity index (χ1n) is 7.64. The molecule has 0 heterocycles. The number of hydrogen-bond donors (Lipinski definition) is 1. The van der Waals surface area contributed by atoms with E-state index in [2.05, 4.69) is 5.32 Å². The Morgan fingerprint density at radius 3 is 2.33 bits per heavy atom. The fraction of sp³-hybridized carbons (Fsp3) is 0.867. The van der Waals surface area contributed by atoms with E-state index in [4.69, 9.17) is 9.47 Å². The van der Waals surface area contributed by atoms with Gasteiger partial charge in [-0.2, -0.15) is 0 Å². The van der Waals surface area contributed by atoms with E-state index in [1.165, 1.54) is 0 Å². The smallest absolute Gasteiger partial charge is 0.320 e. The van der Waals surface area contributed by atoms with Crippen molar-refractivity contribution in [1.82, 2.24) is 10.2 Å². The van der Waals surface area contributed by atoms with Gasteiger partial charge >= 0.3 is 5.97 Å². The van der Waals surface area contributed by atoms with Crippen molar-refractivity contribution >= 4 is 11.9 Å². The van der Waals surface area contributed by atoms with Crippen LogP contribution in [0.25, 0.3) is 0 Å². The Bertz CT molecular complexity index is 306. The van der Waals surface area contributed by atoms with E-state index < -0.39 is 0 Å². The first kappa shape index (κ1) is 19.9. The number of carbonyl (C=O) groups excluding carboxylic acids is 2. The van der Waals surface area contributed by atoms with Crippen molar-refractivity contribution in [3.63, 3.8) is 0 Å². The van der Waals surface area contributed by atoms with Crippen molar-refractivity contribution in [1.29, 1.82) is 0 Å². The molecule has 0 spiro atoms. The molecule has 0 aromatic heterocycles. The molecule has 0 aromatic rings. The molecule has 1 amide bonds. The minimum Gasteiger partial charge on any atom is -0.465 e. The van der Waals surface area contributed by atoms with Gasteiger partial charge in [-0.1, -0.05) is 0 Å². The summed E-state index contributed by atoms with van der Waals surface area (Å²) in [5, 5.41) is 2.83. The average molecular weight is 302 g/mol. The number of hydrogen-bond acceptors (Lipinski definition) is 5. The summed E-state index contributed by atoms with van der Waals surface area (Å²) < 4.78 is 10.3. The molecule has 0 saturated heterocycles. The van der Waals surface area contributed by atoms with Crippen molar-refractivity contribution in [3.8, 4) is 0 Å². The lowest BCUT2D eigenvalue weighted by Crippen LogP contribution is -2.44. The molecule has 0 saturated carbocycles. The van der Waals surface area contributed by atoms with Crippen LogP contribution in [0.15, 0.2) is 0 Å². The topological polar surface area (TPSA) is 67.9 Å². The van der Waals surface area contributed by atoms with Gasteiger partial charge < -0.3 is 14.8 Å². The predicted molar refractivity (Wildman–Crippen MR) is 82.1 cm³/mol. The van der Waals surface area contributed by atoms with Crippen LogP contribution in [-0.4, -0.2) is 61.8 Å². The second kappa shape index (κ2) is 11.5. The molecular weight excluding hydrogens is 272 g/mol. The molecule has 0 radical (unpaired) electrons. The van der Waals surface area contributed by atoms with E-state index in [0.717, 1.165) is 6.42 Å². The van der Waals surface area contributed by atoms with E-state index in [9.17, 15) is 9.59 Å². The lowest BCUT2D eigenvalue weighted by molar-refractivity contribution is -0.145. The highest BCUT2D eigenvalue weighted by atomic mass is 16.5. The maximum atomic E-state index is 11.8. The second-order valence-electron chi connectivity index (χ2n) is 5.43. The van der Waals surface area contributed by atoms with Crippen LogP contribution in [-0.2, 0) is 19.1 Å². The van der Waals surface area contributed by atoms with Gasteiger partial charge in [0, 0.05) is 19.2 Å². The summed E-state index contributed by atoms with van der Waals surface area (Å²) in [6.07, 6.45) is 0.991. The van der Waals surface area contributed by atoms with Crippen molar-refractivity contribution < 1.29 is 19.1 Å². The molecule has 0 aliphatic rings. The Labute approximate surface area is 128 Å². The van der Waals surface area contributed by atoms with Gasteiger partial charge in [-0.25, -0.2) is 0 Å². The number of esters is 1. The van der Waals surface area contributed by atoms with E-state index in [0.29, 0.717) is 19.8 Å². The van der Waals surface area contributed by atoms with Gasteiger partial charge in [-0.15, -0.1) is 0 Å². The average Bonchev–Trinajstić information content (AvgIpc) is 2.37. The maximum absolute atomic E-state index is 11.8. The third kappa shape index (κ3) is 11.2. The summed E-state index contributed by atoms with van der Waals surface area (Å²) in [5.74, 6) is -0.387. The summed E-state index contributed by atoms with van der Waals surface area (Å²) in [4.78, 5) is 25.1. The van der Waals surface area contributed by atoms with Crippen LogP contribution in [0.2, 0.25) is 0 Å². The minimum atomic E-state index is -0.302. The third-order valence-corrected chi connectivity index (χ3v) is 2.81. The molecule has 0 atom stereocenters. The fourth-order valence-electron chi connectivity index (χ4n) is 1.65. The van der Waals surface area contributed by atoms with Gasteiger partial charge in [-0.05, 0) is 41.0 Å². The zero-order valence-electron chi connectivity index (χ0n) is 14.0. The Morgan fingerprint density at radius 2 is 1.81 bits per heavy atom. The number of nitrogens with one attached hydrogen (secondary N) is 1. The van der Waals surface area contributed by atoms with Crippen LogP contribution in [0, 0.1) is 0 Å². The highest BCUT2D eigenvalue weighted by Crippen LogP contribution is 1.98. The monoisotopic (exact) mass is 302 g/mol. The SMILES string of the molecule is CCOC(=O)CN(CC(=O)NCCCOC(C)C)C(C)C. The minimum absolute atomic E-state index is 0.0856. The first-order chi connectivity index (χ1) is 9.86. The normalized spacial score (nSPS) is 11.2. The fourth-order valence-corrected chi connectivity index (χ4v) is 1.65. The quantitative estimate of drug-likeness (QED) is 0.459. The molecule has 0 rings (SSSR count). The molecule has 0 bridgehead atoms. The van der Waals surface area contributed by atoms with E-state index in [1.807, 2.05) is 27.7 Å². The molecular formula is C15H30N2O4. The van der Waals surface area contributed by atoms with Crippen LogP contribution in [0.1, 0.15) is 41.0 Å². The molecule has 6 heteroatoms. The lowest BCUT2D eigenvalue weighted by Gasteiger charge is -2.24. The van der Waals surface area contributed by atoms with Crippen LogP contribution >= 0.6 is 0 Å². The summed E-state index contributed by atoms with van der Waals surface area (Å²) in [7, 11) is 0. The highest BCUT2D eigenvalue weighted by Gasteiger charge is 2.17. The van der Waals surface area contributed by atoms with Gasteiger partial charge in [0.2, 0.25) is 5.91 Å². The first-order valence-corrected chi connectivity index (χ1v) is 7.64.